The molecule has 1 aliphatic heterocycles. The molecule has 1 amide bonds. The first-order valence-electron chi connectivity index (χ1n) is 8.24. The zero-order valence-electron chi connectivity index (χ0n) is 15.0. The average molecular weight is 373 g/mol. The molecule has 3 rings (SSSR count). The van der Waals surface area contributed by atoms with Crippen molar-refractivity contribution in [3.63, 3.8) is 0 Å². The van der Waals surface area contributed by atoms with E-state index in [0.29, 0.717) is 5.69 Å². The predicted octanol–water partition coefficient (Wildman–Crippen LogP) is 4.71. The molecule has 1 aliphatic rings. The van der Waals surface area contributed by atoms with Crippen LogP contribution in [-0.2, 0) is 9.59 Å². The zero-order chi connectivity index (χ0) is 19.2. The summed E-state index contributed by atoms with van der Waals surface area (Å²) in [5.74, 6) is -1.90. The Labute approximate surface area is 155 Å². The van der Waals surface area contributed by atoms with Crippen molar-refractivity contribution in [1.29, 1.82) is 0 Å². The molecule has 6 heteroatoms. The van der Waals surface area contributed by atoms with Crippen molar-refractivity contribution in [3.05, 3.63) is 63.3 Å². The zero-order valence-corrected chi connectivity index (χ0v) is 15.9. The lowest BCUT2D eigenvalue weighted by Crippen LogP contribution is -2.32. The normalized spacial score (nSPS) is 18.0. The minimum atomic E-state index is -0.758. The number of thiophene rings is 1. The maximum atomic E-state index is 13.3. The van der Waals surface area contributed by atoms with Gasteiger partial charge in [0.15, 0.2) is 11.5 Å². The number of hydrogen-bond acceptors (Lipinski definition) is 4. The van der Waals surface area contributed by atoms with E-state index in [9.17, 15) is 19.1 Å². The van der Waals surface area contributed by atoms with E-state index < -0.39 is 28.9 Å². The molecule has 0 saturated carbocycles. The molecule has 0 aliphatic carbocycles. The van der Waals surface area contributed by atoms with Gasteiger partial charge in [-0.2, -0.15) is 0 Å². The van der Waals surface area contributed by atoms with Crippen LogP contribution < -0.4 is 4.90 Å². The number of aliphatic hydroxyl groups excluding tert-OH is 1. The van der Waals surface area contributed by atoms with Crippen LogP contribution in [0.25, 0.3) is 0 Å². The molecule has 2 aromatic rings. The summed E-state index contributed by atoms with van der Waals surface area (Å²) in [6.07, 6.45) is 0. The summed E-state index contributed by atoms with van der Waals surface area (Å²) >= 11 is 1.42. The van der Waals surface area contributed by atoms with Gasteiger partial charge in [-0.1, -0.05) is 20.8 Å². The van der Waals surface area contributed by atoms with E-state index in [2.05, 4.69) is 0 Å². The highest BCUT2D eigenvalue weighted by Gasteiger charge is 2.47. The van der Waals surface area contributed by atoms with Crippen LogP contribution in [0.2, 0.25) is 0 Å². The summed E-state index contributed by atoms with van der Waals surface area (Å²) in [6.45, 7) is 7.14. The number of anilines is 1. The number of carbonyl (C=O) groups excluding carboxylic acids is 2. The highest BCUT2D eigenvalue weighted by atomic mass is 32.1. The minimum Gasteiger partial charge on any atom is -0.503 e. The molecule has 0 spiro atoms. The Kier molecular flexibility index (Phi) is 4.48. The van der Waals surface area contributed by atoms with Gasteiger partial charge in [0.05, 0.1) is 5.57 Å². The highest BCUT2D eigenvalue weighted by molar-refractivity contribution is 7.10. The quantitative estimate of drug-likeness (QED) is 0.848. The van der Waals surface area contributed by atoms with Crippen LogP contribution in [0.4, 0.5) is 10.1 Å². The molecule has 1 atom stereocenters. The van der Waals surface area contributed by atoms with E-state index in [0.717, 1.165) is 10.4 Å². The van der Waals surface area contributed by atoms with Gasteiger partial charge >= 0.3 is 0 Å². The lowest BCUT2D eigenvalue weighted by Gasteiger charge is -2.28. The Morgan fingerprint density at radius 3 is 2.31 bits per heavy atom. The van der Waals surface area contributed by atoms with E-state index in [-0.39, 0.29) is 11.4 Å². The molecule has 0 radical (unpaired) electrons. The van der Waals surface area contributed by atoms with Crippen molar-refractivity contribution in [1.82, 2.24) is 0 Å². The maximum absolute atomic E-state index is 13.3. The Morgan fingerprint density at radius 1 is 1.19 bits per heavy atom. The highest BCUT2D eigenvalue weighted by Crippen LogP contribution is 2.45. The fourth-order valence-electron chi connectivity index (χ4n) is 3.02. The van der Waals surface area contributed by atoms with Gasteiger partial charge in [0.1, 0.15) is 11.9 Å². The fraction of sp³-hybridized carbons (Fsp3) is 0.300. The van der Waals surface area contributed by atoms with Gasteiger partial charge in [-0.15, -0.1) is 11.3 Å². The van der Waals surface area contributed by atoms with Crippen LogP contribution in [0.5, 0.6) is 0 Å². The summed E-state index contributed by atoms with van der Waals surface area (Å²) < 4.78 is 13.3. The Bertz CT molecular complexity index is 906. The molecule has 1 N–H and O–H groups in total. The van der Waals surface area contributed by atoms with Crippen LogP contribution in [0, 0.1) is 18.2 Å². The molecule has 1 aromatic heterocycles. The van der Waals surface area contributed by atoms with E-state index in [1.807, 2.05) is 18.4 Å². The smallest absolute Gasteiger partial charge is 0.294 e. The first kappa shape index (κ1) is 18.3. The van der Waals surface area contributed by atoms with Gasteiger partial charge in [-0.25, -0.2) is 4.39 Å². The van der Waals surface area contributed by atoms with Crippen molar-refractivity contribution >= 4 is 28.7 Å². The SMILES string of the molecule is Cc1ccsc1C1C(C(=O)C(C)(C)C)=C(O)C(=O)N1c1ccc(F)cc1. The molecule has 4 nitrogen and oxygen atoms in total. The first-order valence-corrected chi connectivity index (χ1v) is 9.12. The predicted molar refractivity (Wildman–Crippen MR) is 99.8 cm³/mol. The second kappa shape index (κ2) is 6.36. The van der Waals surface area contributed by atoms with Crippen LogP contribution in [0.1, 0.15) is 37.3 Å². The number of nitrogens with zero attached hydrogens (tertiary/aromatic N) is 1. The summed E-state index contributed by atoms with van der Waals surface area (Å²) in [6, 6.07) is 6.63. The standard InChI is InChI=1S/C20H20FNO3S/c1-11-9-10-26-17(11)15-14(18(24)20(2,3)4)16(23)19(25)22(15)13-7-5-12(21)6-8-13/h5-10,15,23H,1-4H3. The van der Waals surface area contributed by atoms with E-state index in [1.165, 1.54) is 40.5 Å². The molecular formula is C20H20FNO3S. The molecule has 1 aromatic carbocycles. The third kappa shape index (κ3) is 2.94. The summed E-state index contributed by atoms with van der Waals surface area (Å²) in [5, 5.41) is 12.4. The van der Waals surface area contributed by atoms with Crippen molar-refractivity contribution < 1.29 is 19.1 Å². The van der Waals surface area contributed by atoms with Gasteiger partial charge < -0.3 is 5.11 Å². The number of hydrogen-bond donors (Lipinski definition) is 1. The molecule has 1 unspecified atom stereocenters. The number of aryl methyl sites for hydroxylation is 1. The second-order valence-corrected chi connectivity index (χ2v) is 8.31. The summed E-state index contributed by atoms with van der Waals surface area (Å²) in [4.78, 5) is 28.0. The van der Waals surface area contributed by atoms with E-state index in [4.69, 9.17) is 0 Å². The average Bonchev–Trinajstić information content (AvgIpc) is 3.09. The van der Waals surface area contributed by atoms with Crippen LogP contribution in [0.3, 0.4) is 0 Å². The monoisotopic (exact) mass is 373 g/mol. The van der Waals surface area contributed by atoms with Crippen LogP contribution in [0.15, 0.2) is 47.0 Å². The maximum Gasteiger partial charge on any atom is 0.294 e. The van der Waals surface area contributed by atoms with Crippen LogP contribution >= 0.6 is 11.3 Å². The number of ketones is 1. The molecule has 0 bridgehead atoms. The third-order valence-electron chi connectivity index (χ3n) is 4.39. The molecule has 136 valence electrons. The fourth-order valence-corrected chi connectivity index (χ4v) is 4.05. The Balaban J connectivity index is 2.20. The second-order valence-electron chi connectivity index (χ2n) is 7.36. The largest absolute Gasteiger partial charge is 0.503 e. The van der Waals surface area contributed by atoms with Gasteiger partial charge in [-0.05, 0) is 48.2 Å². The third-order valence-corrected chi connectivity index (χ3v) is 5.46. The van der Waals surface area contributed by atoms with Gasteiger partial charge in [0.2, 0.25) is 0 Å². The number of aliphatic hydroxyl groups is 1. The molecule has 26 heavy (non-hydrogen) atoms. The number of Topliss-reactive ketones (excluding diaryl/α,β-unsaturated/α-hetero) is 1. The summed E-state index contributed by atoms with van der Waals surface area (Å²) in [5.41, 5.74) is 0.690. The van der Waals surface area contributed by atoms with E-state index >= 15 is 0 Å². The summed E-state index contributed by atoms with van der Waals surface area (Å²) in [7, 11) is 0. The van der Waals surface area contributed by atoms with Gasteiger partial charge in [0, 0.05) is 16.0 Å². The number of halogens is 1. The topological polar surface area (TPSA) is 57.6 Å². The minimum absolute atomic E-state index is 0.0948. The van der Waals surface area contributed by atoms with Gasteiger partial charge in [0.25, 0.3) is 5.91 Å². The number of rotatable bonds is 3. The Morgan fingerprint density at radius 2 is 1.81 bits per heavy atom. The van der Waals surface area contributed by atoms with E-state index in [1.54, 1.807) is 20.8 Å². The van der Waals surface area contributed by atoms with Crippen molar-refractivity contribution in [2.24, 2.45) is 5.41 Å². The molecule has 2 heterocycles. The van der Waals surface area contributed by atoms with Crippen molar-refractivity contribution in [3.8, 4) is 0 Å². The first-order chi connectivity index (χ1) is 12.1. The lowest BCUT2D eigenvalue weighted by molar-refractivity contribution is -0.123. The van der Waals surface area contributed by atoms with Crippen molar-refractivity contribution in [2.45, 2.75) is 33.7 Å². The van der Waals surface area contributed by atoms with Gasteiger partial charge in [-0.3, -0.25) is 14.5 Å². The lowest BCUT2D eigenvalue weighted by atomic mass is 9.83. The number of carbonyl (C=O) groups is 2. The number of amides is 1. The van der Waals surface area contributed by atoms with Crippen molar-refractivity contribution in [2.75, 3.05) is 4.90 Å². The molecule has 0 saturated heterocycles. The molecule has 0 fully saturated rings. The van der Waals surface area contributed by atoms with Crippen LogP contribution in [-0.4, -0.2) is 16.8 Å². The molecular weight excluding hydrogens is 353 g/mol. The Hall–Kier alpha value is -2.47. The number of benzene rings is 1.